The Morgan fingerprint density at radius 3 is 2.64 bits per heavy atom. The van der Waals surface area contributed by atoms with Gasteiger partial charge in [-0.3, -0.25) is 9.69 Å². The second kappa shape index (κ2) is 8.12. The van der Waals surface area contributed by atoms with Crippen LogP contribution in [0.3, 0.4) is 0 Å². The summed E-state index contributed by atoms with van der Waals surface area (Å²) in [4.78, 5) is 14.6. The van der Waals surface area contributed by atoms with E-state index in [0.717, 1.165) is 25.1 Å². The lowest BCUT2D eigenvalue weighted by molar-refractivity contribution is 0.220. The van der Waals surface area contributed by atoms with Gasteiger partial charge in [0.05, 0.1) is 18.2 Å². The quantitative estimate of drug-likeness (QED) is 0.684. The molecule has 0 fully saturated rings. The van der Waals surface area contributed by atoms with Crippen LogP contribution in [-0.4, -0.2) is 11.4 Å². The maximum atomic E-state index is 12.4. The maximum absolute atomic E-state index is 12.4. The molecule has 0 saturated heterocycles. The summed E-state index contributed by atoms with van der Waals surface area (Å²) in [5, 5.41) is 8.83. The summed E-state index contributed by atoms with van der Waals surface area (Å²) in [5.41, 5.74) is 4.01. The van der Waals surface area contributed by atoms with Crippen LogP contribution in [0.1, 0.15) is 28.0 Å². The highest BCUT2D eigenvalue weighted by Gasteiger charge is 2.17. The average Bonchev–Trinajstić information content (AvgIpc) is 2.73. The molecule has 1 aliphatic rings. The first-order valence-corrected chi connectivity index (χ1v) is 9.24. The molecule has 0 atom stereocenters. The second-order valence-electron chi connectivity index (χ2n) is 6.90. The third kappa shape index (κ3) is 4.13. The van der Waals surface area contributed by atoms with Crippen LogP contribution in [0.5, 0.6) is 5.75 Å². The van der Waals surface area contributed by atoms with E-state index in [2.05, 4.69) is 35.2 Å². The number of rotatable bonds is 5. The van der Waals surface area contributed by atoms with Crippen molar-refractivity contribution in [3.05, 3.63) is 99.1 Å². The van der Waals surface area contributed by atoms with E-state index in [4.69, 9.17) is 14.4 Å². The molecule has 0 unspecified atom stereocenters. The Labute approximate surface area is 163 Å². The van der Waals surface area contributed by atoms with Gasteiger partial charge in [-0.05, 0) is 35.2 Å². The Kier molecular flexibility index (Phi) is 5.22. The Morgan fingerprint density at radius 2 is 1.89 bits per heavy atom. The molecule has 2 heterocycles. The van der Waals surface area contributed by atoms with E-state index >= 15 is 0 Å². The predicted octanol–water partition coefficient (Wildman–Crippen LogP) is 3.65. The molecule has 0 amide bonds. The number of nitriles is 1. The fourth-order valence-electron chi connectivity index (χ4n) is 3.37. The third-order valence-corrected chi connectivity index (χ3v) is 4.92. The van der Waals surface area contributed by atoms with Crippen LogP contribution in [0.25, 0.3) is 0 Å². The molecule has 1 aliphatic heterocycles. The Hall–Kier alpha value is -3.36. The molecule has 0 N–H and O–H groups in total. The zero-order valence-corrected chi connectivity index (χ0v) is 15.4. The first-order chi connectivity index (χ1) is 13.7. The SMILES string of the molecule is N#Cc1ccc(COc2coc(CN3CCc4ccccc4C3)cc2=O)cc1. The number of benzene rings is 2. The Morgan fingerprint density at radius 1 is 1.11 bits per heavy atom. The van der Waals surface area contributed by atoms with E-state index < -0.39 is 0 Å². The molecule has 3 aromatic rings. The van der Waals surface area contributed by atoms with Gasteiger partial charge in [0.15, 0.2) is 0 Å². The topological polar surface area (TPSA) is 66.5 Å². The highest BCUT2D eigenvalue weighted by molar-refractivity contribution is 5.32. The second-order valence-corrected chi connectivity index (χ2v) is 6.90. The van der Waals surface area contributed by atoms with Gasteiger partial charge in [0.2, 0.25) is 11.2 Å². The van der Waals surface area contributed by atoms with Gasteiger partial charge in [-0.1, -0.05) is 36.4 Å². The van der Waals surface area contributed by atoms with E-state index in [1.54, 1.807) is 12.1 Å². The summed E-state index contributed by atoms with van der Waals surface area (Å²) in [5.74, 6) is 0.826. The maximum Gasteiger partial charge on any atom is 0.227 e. The molecule has 0 saturated carbocycles. The first-order valence-electron chi connectivity index (χ1n) is 9.24. The number of ether oxygens (including phenoxy) is 1. The molecular weight excluding hydrogens is 352 g/mol. The molecule has 0 bridgehead atoms. The molecule has 4 rings (SSSR count). The minimum atomic E-state index is -0.188. The van der Waals surface area contributed by atoms with E-state index in [0.29, 0.717) is 17.9 Å². The van der Waals surface area contributed by atoms with Gasteiger partial charge < -0.3 is 9.15 Å². The zero-order valence-electron chi connectivity index (χ0n) is 15.4. The van der Waals surface area contributed by atoms with Crippen molar-refractivity contribution in [3.63, 3.8) is 0 Å². The van der Waals surface area contributed by atoms with Crippen molar-refractivity contribution in [2.24, 2.45) is 0 Å². The lowest BCUT2D eigenvalue weighted by atomic mass is 10.00. The Bertz CT molecular complexity index is 1060. The third-order valence-electron chi connectivity index (χ3n) is 4.92. The van der Waals surface area contributed by atoms with E-state index in [1.165, 1.54) is 23.5 Å². The van der Waals surface area contributed by atoms with E-state index in [9.17, 15) is 4.79 Å². The fraction of sp³-hybridized carbons (Fsp3) is 0.217. The molecule has 0 spiro atoms. The van der Waals surface area contributed by atoms with Crippen molar-refractivity contribution >= 4 is 0 Å². The Balaban J connectivity index is 1.38. The molecule has 0 radical (unpaired) electrons. The molecule has 140 valence electrons. The molecule has 2 aromatic carbocycles. The van der Waals surface area contributed by atoms with Crippen LogP contribution >= 0.6 is 0 Å². The van der Waals surface area contributed by atoms with Crippen molar-refractivity contribution in [2.45, 2.75) is 26.1 Å². The number of fused-ring (bicyclic) bond motifs is 1. The summed E-state index contributed by atoms with van der Waals surface area (Å²) < 4.78 is 11.2. The highest BCUT2D eigenvalue weighted by atomic mass is 16.5. The number of hydrogen-bond acceptors (Lipinski definition) is 5. The van der Waals surface area contributed by atoms with Crippen LogP contribution in [0.4, 0.5) is 0 Å². The van der Waals surface area contributed by atoms with Crippen molar-refractivity contribution in [3.8, 4) is 11.8 Å². The number of nitrogens with zero attached hydrogens (tertiary/aromatic N) is 2. The van der Waals surface area contributed by atoms with Crippen molar-refractivity contribution in [1.82, 2.24) is 4.90 Å². The van der Waals surface area contributed by atoms with Gasteiger partial charge in [0.1, 0.15) is 18.6 Å². The lowest BCUT2D eigenvalue weighted by Crippen LogP contribution is -2.30. The minimum Gasteiger partial charge on any atom is -0.482 e. The van der Waals surface area contributed by atoms with E-state index in [-0.39, 0.29) is 17.8 Å². The van der Waals surface area contributed by atoms with Crippen LogP contribution < -0.4 is 10.2 Å². The summed E-state index contributed by atoms with van der Waals surface area (Å²) in [6.45, 7) is 2.65. The normalized spacial score (nSPS) is 13.5. The van der Waals surface area contributed by atoms with Gasteiger partial charge in [-0.15, -0.1) is 0 Å². The van der Waals surface area contributed by atoms with Crippen LogP contribution in [0.2, 0.25) is 0 Å². The van der Waals surface area contributed by atoms with Crippen molar-refractivity contribution in [1.29, 1.82) is 5.26 Å². The summed E-state index contributed by atoms with van der Waals surface area (Å²) in [6.07, 6.45) is 2.39. The standard InChI is InChI=1S/C23H20N2O3/c24-12-17-5-7-18(8-6-17)15-28-23-16-27-21(11-22(23)26)14-25-10-9-19-3-1-2-4-20(19)13-25/h1-8,11,16H,9-10,13-15H2. The van der Waals surface area contributed by atoms with Crippen LogP contribution in [0, 0.1) is 11.3 Å². The lowest BCUT2D eigenvalue weighted by Gasteiger charge is -2.28. The monoisotopic (exact) mass is 372 g/mol. The fourth-order valence-corrected chi connectivity index (χ4v) is 3.37. The summed E-state index contributed by atoms with van der Waals surface area (Å²) in [7, 11) is 0. The molecule has 5 heteroatoms. The van der Waals surface area contributed by atoms with Gasteiger partial charge in [0, 0.05) is 19.2 Å². The molecular formula is C23H20N2O3. The predicted molar refractivity (Wildman–Crippen MR) is 105 cm³/mol. The summed E-state index contributed by atoms with van der Waals surface area (Å²) >= 11 is 0. The van der Waals surface area contributed by atoms with Gasteiger partial charge in [0.25, 0.3) is 0 Å². The highest BCUT2D eigenvalue weighted by Crippen LogP contribution is 2.20. The van der Waals surface area contributed by atoms with Crippen LogP contribution in [0.15, 0.2) is 70.1 Å². The molecule has 28 heavy (non-hydrogen) atoms. The zero-order chi connectivity index (χ0) is 19.3. The van der Waals surface area contributed by atoms with Gasteiger partial charge in [-0.25, -0.2) is 0 Å². The van der Waals surface area contributed by atoms with Crippen LogP contribution in [-0.2, 0) is 26.1 Å². The minimum absolute atomic E-state index is 0.188. The van der Waals surface area contributed by atoms with Gasteiger partial charge in [-0.2, -0.15) is 5.26 Å². The molecule has 1 aromatic heterocycles. The smallest absolute Gasteiger partial charge is 0.227 e. The van der Waals surface area contributed by atoms with E-state index in [1.807, 2.05) is 12.1 Å². The molecule has 0 aliphatic carbocycles. The van der Waals surface area contributed by atoms with Gasteiger partial charge >= 0.3 is 0 Å². The first kappa shape index (κ1) is 18.0. The van der Waals surface area contributed by atoms with Crippen molar-refractivity contribution in [2.75, 3.05) is 6.54 Å². The largest absolute Gasteiger partial charge is 0.482 e. The summed E-state index contributed by atoms with van der Waals surface area (Å²) in [6, 6.07) is 19.1. The van der Waals surface area contributed by atoms with Crippen molar-refractivity contribution < 1.29 is 9.15 Å². The molecule has 5 nitrogen and oxygen atoms in total. The average molecular weight is 372 g/mol. The number of hydrogen-bond donors (Lipinski definition) is 0.